The fourth-order valence-corrected chi connectivity index (χ4v) is 3.06. The molecule has 1 aromatic carbocycles. The van der Waals surface area contributed by atoms with Crippen LogP contribution in [0.15, 0.2) is 12.1 Å². The van der Waals surface area contributed by atoms with E-state index in [9.17, 15) is 9.90 Å². The molecular weight excluding hydrogens is 266 g/mol. The molecule has 1 aliphatic rings. The molecule has 1 heterocycles. The molecule has 2 rings (SSSR count). The minimum Gasteiger partial charge on any atom is -0.508 e. The van der Waals surface area contributed by atoms with Gasteiger partial charge < -0.3 is 14.7 Å². The van der Waals surface area contributed by atoms with E-state index < -0.39 is 0 Å². The van der Waals surface area contributed by atoms with Crippen LogP contribution in [0.5, 0.6) is 5.75 Å². The number of anilines is 1. The van der Waals surface area contributed by atoms with Crippen LogP contribution < -0.4 is 4.90 Å². The van der Waals surface area contributed by atoms with Gasteiger partial charge in [0.2, 0.25) is 0 Å². The lowest BCUT2D eigenvalue weighted by atomic mass is 9.95. The lowest BCUT2D eigenvalue weighted by Gasteiger charge is -2.26. The lowest BCUT2D eigenvalue weighted by Crippen LogP contribution is -2.35. The number of ether oxygens (including phenoxy) is 1. The molecule has 4 nitrogen and oxygen atoms in total. The van der Waals surface area contributed by atoms with Crippen LogP contribution in [0, 0.1) is 6.92 Å². The summed E-state index contributed by atoms with van der Waals surface area (Å²) < 4.78 is 5.23. The van der Waals surface area contributed by atoms with Crippen molar-refractivity contribution in [1.82, 2.24) is 0 Å². The standard InChI is InChI=1S/C17H25NO3/c1-5-7-8-18-12(4)16(17(20)21-6-2)13-10-15(19)11(3)9-14(13)18/h9-10,12,16,19H,5-8H2,1-4H3/t12-,16-/m0/s1. The van der Waals surface area contributed by atoms with Crippen molar-refractivity contribution in [3.63, 3.8) is 0 Å². The van der Waals surface area contributed by atoms with Gasteiger partial charge in [-0.15, -0.1) is 0 Å². The summed E-state index contributed by atoms with van der Waals surface area (Å²) in [4.78, 5) is 14.6. The van der Waals surface area contributed by atoms with Gasteiger partial charge in [-0.05, 0) is 50.5 Å². The van der Waals surface area contributed by atoms with Gasteiger partial charge in [0.15, 0.2) is 0 Å². The normalized spacial score (nSPS) is 20.5. The molecule has 4 heteroatoms. The van der Waals surface area contributed by atoms with Crippen LogP contribution in [0.25, 0.3) is 0 Å². The lowest BCUT2D eigenvalue weighted by molar-refractivity contribution is -0.145. The second kappa shape index (κ2) is 6.37. The van der Waals surface area contributed by atoms with Crippen molar-refractivity contribution in [1.29, 1.82) is 0 Å². The Hall–Kier alpha value is -1.71. The van der Waals surface area contributed by atoms with Gasteiger partial charge in [-0.2, -0.15) is 0 Å². The Balaban J connectivity index is 2.42. The van der Waals surface area contributed by atoms with Crippen molar-refractivity contribution in [2.75, 3.05) is 18.1 Å². The van der Waals surface area contributed by atoms with E-state index in [1.54, 1.807) is 6.07 Å². The monoisotopic (exact) mass is 291 g/mol. The number of fused-ring (bicyclic) bond motifs is 1. The Labute approximate surface area is 126 Å². The highest BCUT2D eigenvalue weighted by Crippen LogP contribution is 2.44. The first-order valence-corrected chi connectivity index (χ1v) is 7.78. The number of carbonyl (C=O) groups excluding carboxylic acids is 1. The van der Waals surface area contributed by atoms with Crippen LogP contribution >= 0.6 is 0 Å². The smallest absolute Gasteiger partial charge is 0.315 e. The van der Waals surface area contributed by atoms with Gasteiger partial charge in [0, 0.05) is 18.3 Å². The second-order valence-corrected chi connectivity index (χ2v) is 5.71. The SMILES string of the molecule is CCCCN1c2cc(C)c(O)cc2[C@@H](C(=O)OCC)[C@@H]1C. The van der Waals surface area contributed by atoms with E-state index >= 15 is 0 Å². The number of nitrogens with zero attached hydrogens (tertiary/aromatic N) is 1. The summed E-state index contributed by atoms with van der Waals surface area (Å²) in [6.07, 6.45) is 2.19. The molecular formula is C17H25NO3. The van der Waals surface area contributed by atoms with Crippen LogP contribution in [0.3, 0.4) is 0 Å². The average Bonchev–Trinajstić information content (AvgIpc) is 2.69. The van der Waals surface area contributed by atoms with Crippen LogP contribution in [0.4, 0.5) is 5.69 Å². The number of aryl methyl sites for hydroxylation is 1. The van der Waals surface area contributed by atoms with Gasteiger partial charge in [-0.3, -0.25) is 4.79 Å². The molecule has 0 amide bonds. The van der Waals surface area contributed by atoms with Crippen molar-refractivity contribution >= 4 is 11.7 Å². The number of phenolic OH excluding ortho intramolecular Hbond substituents is 1. The third kappa shape index (κ3) is 2.85. The van der Waals surface area contributed by atoms with Crippen LogP contribution in [-0.4, -0.2) is 30.3 Å². The summed E-state index contributed by atoms with van der Waals surface area (Å²) in [5, 5.41) is 9.99. The van der Waals surface area contributed by atoms with Crippen molar-refractivity contribution in [2.45, 2.75) is 52.5 Å². The maximum absolute atomic E-state index is 12.3. The molecule has 0 unspecified atom stereocenters. The molecule has 0 spiro atoms. The summed E-state index contributed by atoms with van der Waals surface area (Å²) in [7, 11) is 0. The Kier molecular flexibility index (Phi) is 4.76. The summed E-state index contributed by atoms with van der Waals surface area (Å²) in [5.74, 6) is -0.274. The predicted molar refractivity (Wildman–Crippen MR) is 83.9 cm³/mol. The zero-order chi connectivity index (χ0) is 15.6. The van der Waals surface area contributed by atoms with Crippen LogP contribution in [0.2, 0.25) is 0 Å². The van der Waals surface area contributed by atoms with Crippen molar-refractivity contribution in [3.8, 4) is 5.75 Å². The summed E-state index contributed by atoms with van der Waals surface area (Å²) in [5.41, 5.74) is 2.79. The minimum atomic E-state index is -0.316. The van der Waals surface area contributed by atoms with E-state index in [4.69, 9.17) is 4.74 Å². The highest BCUT2D eigenvalue weighted by Gasteiger charge is 2.41. The summed E-state index contributed by atoms with van der Waals surface area (Å²) >= 11 is 0. The quantitative estimate of drug-likeness (QED) is 0.845. The van der Waals surface area contributed by atoms with E-state index in [0.29, 0.717) is 6.61 Å². The second-order valence-electron chi connectivity index (χ2n) is 5.71. The Morgan fingerprint density at radius 1 is 1.38 bits per heavy atom. The number of carbonyl (C=O) groups is 1. The molecule has 0 saturated heterocycles. The zero-order valence-electron chi connectivity index (χ0n) is 13.3. The number of hydrogen-bond acceptors (Lipinski definition) is 4. The fraction of sp³-hybridized carbons (Fsp3) is 0.588. The van der Waals surface area contributed by atoms with E-state index in [-0.39, 0.29) is 23.7 Å². The van der Waals surface area contributed by atoms with Gasteiger partial charge in [0.05, 0.1) is 6.61 Å². The fourth-order valence-electron chi connectivity index (χ4n) is 3.06. The number of benzene rings is 1. The van der Waals surface area contributed by atoms with Gasteiger partial charge in [-0.25, -0.2) is 0 Å². The average molecular weight is 291 g/mol. The summed E-state index contributed by atoms with van der Waals surface area (Å²) in [6, 6.07) is 3.77. The Morgan fingerprint density at radius 3 is 2.71 bits per heavy atom. The van der Waals surface area contributed by atoms with Crippen LogP contribution in [0.1, 0.15) is 50.7 Å². The number of unbranched alkanes of at least 4 members (excludes halogenated alkanes) is 1. The van der Waals surface area contributed by atoms with E-state index in [1.165, 1.54) is 0 Å². The molecule has 0 radical (unpaired) electrons. The molecule has 0 bridgehead atoms. The molecule has 0 aliphatic carbocycles. The maximum Gasteiger partial charge on any atom is 0.315 e. The van der Waals surface area contributed by atoms with Crippen molar-refractivity contribution in [2.24, 2.45) is 0 Å². The number of aromatic hydroxyl groups is 1. The van der Waals surface area contributed by atoms with Crippen LogP contribution in [-0.2, 0) is 9.53 Å². The van der Waals surface area contributed by atoms with Gasteiger partial charge in [-0.1, -0.05) is 13.3 Å². The molecule has 21 heavy (non-hydrogen) atoms. The highest BCUT2D eigenvalue weighted by molar-refractivity contribution is 5.86. The van der Waals surface area contributed by atoms with Crippen molar-refractivity contribution in [3.05, 3.63) is 23.3 Å². The first kappa shape index (κ1) is 15.7. The number of hydrogen-bond donors (Lipinski definition) is 1. The first-order valence-electron chi connectivity index (χ1n) is 7.78. The maximum atomic E-state index is 12.3. The van der Waals surface area contributed by atoms with E-state index in [1.807, 2.05) is 19.9 Å². The largest absolute Gasteiger partial charge is 0.508 e. The molecule has 1 aromatic rings. The molecule has 1 aliphatic heterocycles. The third-order valence-electron chi connectivity index (χ3n) is 4.26. The molecule has 2 atom stereocenters. The topological polar surface area (TPSA) is 49.8 Å². The number of esters is 1. The third-order valence-corrected chi connectivity index (χ3v) is 4.26. The Bertz CT molecular complexity index is 527. The summed E-state index contributed by atoms with van der Waals surface area (Å²) in [6.45, 7) is 9.22. The van der Waals surface area contributed by atoms with Gasteiger partial charge in [0.1, 0.15) is 11.7 Å². The molecule has 1 N–H and O–H groups in total. The van der Waals surface area contributed by atoms with E-state index in [0.717, 1.165) is 36.2 Å². The molecule has 116 valence electrons. The predicted octanol–water partition coefficient (Wildman–Crippen LogP) is 3.36. The number of phenols is 1. The zero-order valence-corrected chi connectivity index (χ0v) is 13.3. The molecule has 0 saturated carbocycles. The molecule has 0 fully saturated rings. The first-order chi connectivity index (χ1) is 10.0. The van der Waals surface area contributed by atoms with Crippen molar-refractivity contribution < 1.29 is 14.6 Å². The highest BCUT2D eigenvalue weighted by atomic mass is 16.5. The minimum absolute atomic E-state index is 0.0619. The molecule has 0 aromatic heterocycles. The van der Waals surface area contributed by atoms with Gasteiger partial charge in [0.25, 0.3) is 0 Å². The van der Waals surface area contributed by atoms with E-state index in [2.05, 4.69) is 18.7 Å². The van der Waals surface area contributed by atoms with Gasteiger partial charge >= 0.3 is 5.97 Å². The number of rotatable bonds is 5. The Morgan fingerprint density at radius 2 is 2.10 bits per heavy atom.